The number of amides is 1. The number of nitrogens with zero attached hydrogens (tertiary/aromatic N) is 1. The molecule has 1 saturated heterocycles. The van der Waals surface area contributed by atoms with Gasteiger partial charge in [0.15, 0.2) is 0 Å². The fourth-order valence-corrected chi connectivity index (χ4v) is 2.44. The van der Waals surface area contributed by atoms with Crippen LogP contribution in [0.25, 0.3) is 0 Å². The van der Waals surface area contributed by atoms with Gasteiger partial charge in [0.05, 0.1) is 16.6 Å². The number of nitro groups is 1. The van der Waals surface area contributed by atoms with E-state index in [2.05, 4.69) is 10.6 Å². The van der Waals surface area contributed by atoms with Gasteiger partial charge < -0.3 is 15.4 Å². The SMILES string of the molecule is O=C(CCNc1ccc(C(F)(F)F)cc1[N+](=O)[O-])NCC1CCCO1. The molecule has 1 aliphatic rings. The van der Waals surface area contributed by atoms with Gasteiger partial charge in [-0.15, -0.1) is 0 Å². The van der Waals surface area contributed by atoms with E-state index < -0.39 is 22.4 Å². The number of anilines is 1. The third kappa shape index (κ3) is 5.59. The van der Waals surface area contributed by atoms with Crippen LogP contribution in [-0.2, 0) is 15.7 Å². The molecule has 0 spiro atoms. The van der Waals surface area contributed by atoms with Crippen LogP contribution in [0.5, 0.6) is 0 Å². The largest absolute Gasteiger partial charge is 0.416 e. The van der Waals surface area contributed by atoms with Gasteiger partial charge in [0.25, 0.3) is 5.69 Å². The predicted molar refractivity (Wildman–Crippen MR) is 83.2 cm³/mol. The molecule has 138 valence electrons. The van der Waals surface area contributed by atoms with Crippen molar-refractivity contribution < 1.29 is 27.6 Å². The van der Waals surface area contributed by atoms with Crippen molar-refractivity contribution in [2.75, 3.05) is 25.0 Å². The molecule has 1 unspecified atom stereocenters. The van der Waals surface area contributed by atoms with E-state index in [0.29, 0.717) is 19.2 Å². The number of nitro benzene ring substituents is 1. The highest BCUT2D eigenvalue weighted by Gasteiger charge is 2.33. The Balaban J connectivity index is 1.87. The molecular formula is C15H18F3N3O4. The van der Waals surface area contributed by atoms with Crippen molar-refractivity contribution in [3.8, 4) is 0 Å². The summed E-state index contributed by atoms with van der Waals surface area (Å²) in [4.78, 5) is 21.8. The lowest BCUT2D eigenvalue weighted by Crippen LogP contribution is -2.32. The summed E-state index contributed by atoms with van der Waals surface area (Å²) < 4.78 is 43.2. The van der Waals surface area contributed by atoms with E-state index >= 15 is 0 Å². The molecule has 0 bridgehead atoms. The van der Waals surface area contributed by atoms with Gasteiger partial charge >= 0.3 is 6.18 Å². The molecule has 1 amide bonds. The standard InChI is InChI=1S/C15H18F3N3O4/c16-15(17,18)10-3-4-12(13(8-10)21(23)24)19-6-5-14(22)20-9-11-2-1-7-25-11/h3-4,8,11,19H,1-2,5-7,9H2,(H,20,22). The molecule has 0 saturated carbocycles. The number of benzene rings is 1. The summed E-state index contributed by atoms with van der Waals surface area (Å²) in [6.45, 7) is 1.14. The van der Waals surface area contributed by atoms with Crippen LogP contribution in [0.2, 0.25) is 0 Å². The average molecular weight is 361 g/mol. The predicted octanol–water partition coefficient (Wildman–Crippen LogP) is 2.71. The number of hydrogen-bond acceptors (Lipinski definition) is 5. The molecule has 1 fully saturated rings. The van der Waals surface area contributed by atoms with E-state index in [0.717, 1.165) is 25.0 Å². The molecule has 1 aliphatic heterocycles. The van der Waals surface area contributed by atoms with E-state index in [-0.39, 0.29) is 30.7 Å². The molecule has 1 heterocycles. The van der Waals surface area contributed by atoms with Crippen LogP contribution in [0.15, 0.2) is 18.2 Å². The van der Waals surface area contributed by atoms with Crippen LogP contribution in [0, 0.1) is 10.1 Å². The fraction of sp³-hybridized carbons (Fsp3) is 0.533. The summed E-state index contributed by atoms with van der Waals surface area (Å²) in [6.07, 6.45) is -2.78. The Bertz CT molecular complexity index is 631. The van der Waals surface area contributed by atoms with Crippen LogP contribution in [0.1, 0.15) is 24.8 Å². The van der Waals surface area contributed by atoms with Crippen molar-refractivity contribution in [2.24, 2.45) is 0 Å². The number of nitrogens with one attached hydrogen (secondary N) is 2. The molecule has 0 aromatic heterocycles. The molecule has 0 aliphatic carbocycles. The van der Waals surface area contributed by atoms with Crippen molar-refractivity contribution in [1.29, 1.82) is 0 Å². The molecule has 1 atom stereocenters. The summed E-state index contributed by atoms with van der Waals surface area (Å²) >= 11 is 0. The Morgan fingerprint density at radius 3 is 2.76 bits per heavy atom. The van der Waals surface area contributed by atoms with E-state index in [1.54, 1.807) is 0 Å². The van der Waals surface area contributed by atoms with E-state index in [1.165, 1.54) is 0 Å². The highest BCUT2D eigenvalue weighted by atomic mass is 19.4. The molecule has 7 nitrogen and oxygen atoms in total. The van der Waals surface area contributed by atoms with Crippen molar-refractivity contribution >= 4 is 17.3 Å². The topological polar surface area (TPSA) is 93.5 Å². The van der Waals surface area contributed by atoms with Gasteiger partial charge in [-0.1, -0.05) is 0 Å². The smallest absolute Gasteiger partial charge is 0.379 e. The minimum absolute atomic E-state index is 0.00732. The van der Waals surface area contributed by atoms with Gasteiger partial charge in [0.2, 0.25) is 5.91 Å². The van der Waals surface area contributed by atoms with Gasteiger partial charge in [0, 0.05) is 32.2 Å². The second kappa shape index (κ2) is 8.15. The maximum Gasteiger partial charge on any atom is 0.416 e. The zero-order valence-corrected chi connectivity index (χ0v) is 13.3. The molecule has 0 radical (unpaired) electrons. The third-order valence-electron chi connectivity index (χ3n) is 3.74. The summed E-state index contributed by atoms with van der Waals surface area (Å²) in [5, 5.41) is 16.3. The number of ether oxygens (including phenoxy) is 1. The summed E-state index contributed by atoms with van der Waals surface area (Å²) in [5.74, 6) is -0.266. The third-order valence-corrected chi connectivity index (χ3v) is 3.74. The summed E-state index contributed by atoms with van der Waals surface area (Å²) in [5.41, 5.74) is -1.85. The summed E-state index contributed by atoms with van der Waals surface area (Å²) in [6, 6.07) is 2.22. The number of carbonyl (C=O) groups is 1. The maximum absolute atomic E-state index is 12.6. The first-order valence-electron chi connectivity index (χ1n) is 7.75. The average Bonchev–Trinajstić information content (AvgIpc) is 3.05. The Morgan fingerprint density at radius 2 is 2.16 bits per heavy atom. The first kappa shape index (κ1) is 19.0. The van der Waals surface area contributed by atoms with Crippen molar-refractivity contribution in [3.05, 3.63) is 33.9 Å². The molecule has 2 rings (SSSR count). The van der Waals surface area contributed by atoms with Crippen LogP contribution in [0.3, 0.4) is 0 Å². The first-order chi connectivity index (χ1) is 11.8. The zero-order chi connectivity index (χ0) is 18.4. The number of halogens is 3. The quantitative estimate of drug-likeness (QED) is 0.575. The normalized spacial score (nSPS) is 17.3. The monoisotopic (exact) mass is 361 g/mol. The second-order valence-corrected chi connectivity index (χ2v) is 5.60. The van der Waals surface area contributed by atoms with Crippen LogP contribution in [-0.4, -0.2) is 36.6 Å². The van der Waals surface area contributed by atoms with Gasteiger partial charge in [0.1, 0.15) is 5.69 Å². The summed E-state index contributed by atoms with van der Waals surface area (Å²) in [7, 11) is 0. The lowest BCUT2D eigenvalue weighted by Gasteiger charge is -2.12. The lowest BCUT2D eigenvalue weighted by atomic mass is 10.1. The minimum Gasteiger partial charge on any atom is -0.379 e. The molecule has 1 aromatic carbocycles. The van der Waals surface area contributed by atoms with Crippen molar-refractivity contribution in [1.82, 2.24) is 5.32 Å². The van der Waals surface area contributed by atoms with Crippen molar-refractivity contribution in [3.63, 3.8) is 0 Å². The molecule has 1 aromatic rings. The molecule has 25 heavy (non-hydrogen) atoms. The highest BCUT2D eigenvalue weighted by Crippen LogP contribution is 2.34. The number of alkyl halides is 3. The van der Waals surface area contributed by atoms with Crippen LogP contribution in [0.4, 0.5) is 24.5 Å². The number of carbonyl (C=O) groups excluding carboxylic acids is 1. The van der Waals surface area contributed by atoms with E-state index in [4.69, 9.17) is 4.74 Å². The Hall–Kier alpha value is -2.36. The molecular weight excluding hydrogens is 343 g/mol. The van der Waals surface area contributed by atoms with Crippen LogP contribution >= 0.6 is 0 Å². The van der Waals surface area contributed by atoms with Gasteiger partial charge in [-0.05, 0) is 25.0 Å². The molecule has 10 heteroatoms. The zero-order valence-electron chi connectivity index (χ0n) is 13.3. The second-order valence-electron chi connectivity index (χ2n) is 5.60. The first-order valence-corrected chi connectivity index (χ1v) is 7.75. The fourth-order valence-electron chi connectivity index (χ4n) is 2.44. The Morgan fingerprint density at radius 1 is 1.40 bits per heavy atom. The number of hydrogen-bond donors (Lipinski definition) is 2. The molecule has 2 N–H and O–H groups in total. The highest BCUT2D eigenvalue weighted by molar-refractivity contribution is 5.76. The number of rotatable bonds is 7. The Labute approximate surface area is 141 Å². The lowest BCUT2D eigenvalue weighted by molar-refractivity contribution is -0.384. The minimum atomic E-state index is -4.66. The van der Waals surface area contributed by atoms with E-state index in [1.807, 2.05) is 0 Å². The van der Waals surface area contributed by atoms with Crippen LogP contribution < -0.4 is 10.6 Å². The Kier molecular flexibility index (Phi) is 6.18. The van der Waals surface area contributed by atoms with Gasteiger partial charge in [-0.3, -0.25) is 14.9 Å². The van der Waals surface area contributed by atoms with Gasteiger partial charge in [-0.25, -0.2) is 0 Å². The maximum atomic E-state index is 12.6. The van der Waals surface area contributed by atoms with Crippen molar-refractivity contribution in [2.45, 2.75) is 31.5 Å². The van der Waals surface area contributed by atoms with Gasteiger partial charge in [-0.2, -0.15) is 13.2 Å². The van der Waals surface area contributed by atoms with E-state index in [9.17, 15) is 28.1 Å².